The Labute approximate surface area is 129 Å². The summed E-state index contributed by atoms with van der Waals surface area (Å²) in [6, 6.07) is 10.9. The van der Waals surface area contributed by atoms with Gasteiger partial charge < -0.3 is 5.32 Å². The predicted molar refractivity (Wildman–Crippen MR) is 89.2 cm³/mol. The number of hydrogen-bond acceptors (Lipinski definition) is 2. The van der Waals surface area contributed by atoms with Crippen LogP contribution >= 0.6 is 0 Å². The van der Waals surface area contributed by atoms with Gasteiger partial charge in [0.05, 0.1) is 6.07 Å². The van der Waals surface area contributed by atoms with Crippen LogP contribution in [-0.2, 0) is 0 Å². The Hall–Kier alpha value is -1.49. The predicted octanol–water partition coefficient (Wildman–Crippen LogP) is 5.30. The first kappa shape index (κ1) is 15.9. The van der Waals surface area contributed by atoms with E-state index >= 15 is 0 Å². The molecule has 1 fully saturated rings. The Morgan fingerprint density at radius 2 is 1.90 bits per heavy atom. The highest BCUT2D eigenvalue weighted by Gasteiger charge is 2.36. The molecule has 1 aliphatic carbocycles. The van der Waals surface area contributed by atoms with Crippen LogP contribution < -0.4 is 5.32 Å². The molecule has 0 amide bonds. The first-order valence-electron chi connectivity index (χ1n) is 8.11. The monoisotopic (exact) mass is 284 g/mol. The van der Waals surface area contributed by atoms with Crippen molar-refractivity contribution in [1.82, 2.24) is 0 Å². The highest BCUT2D eigenvalue weighted by atomic mass is 15.0. The van der Waals surface area contributed by atoms with Crippen molar-refractivity contribution in [3.05, 3.63) is 29.8 Å². The normalized spacial score (nSPS) is 26.7. The molecular weight excluding hydrogens is 256 g/mol. The third kappa shape index (κ3) is 3.79. The molecule has 2 rings (SSSR count). The van der Waals surface area contributed by atoms with Crippen molar-refractivity contribution < 1.29 is 0 Å². The van der Waals surface area contributed by atoms with Crippen LogP contribution in [0.4, 0.5) is 5.69 Å². The Morgan fingerprint density at radius 1 is 1.19 bits per heavy atom. The number of aryl methyl sites for hydroxylation is 1. The van der Waals surface area contributed by atoms with Crippen molar-refractivity contribution in [2.45, 2.75) is 65.3 Å². The smallest absolute Gasteiger partial charge is 0.125 e. The minimum Gasteiger partial charge on any atom is -0.367 e. The highest BCUT2D eigenvalue weighted by molar-refractivity contribution is 5.53. The number of nitriles is 1. The Bertz CT molecular complexity index is 521. The number of anilines is 1. The molecule has 0 aliphatic heterocycles. The maximum Gasteiger partial charge on any atom is 0.125 e. The van der Waals surface area contributed by atoms with Crippen molar-refractivity contribution in [3.8, 4) is 6.07 Å². The lowest BCUT2D eigenvalue weighted by atomic mass is 9.76. The molecule has 114 valence electrons. The molecule has 1 aliphatic rings. The minimum atomic E-state index is -0.397. The summed E-state index contributed by atoms with van der Waals surface area (Å²) in [4.78, 5) is 0. The summed E-state index contributed by atoms with van der Waals surface area (Å²) >= 11 is 0. The summed E-state index contributed by atoms with van der Waals surface area (Å²) in [6.45, 7) is 9.07. The molecule has 1 aromatic carbocycles. The maximum absolute atomic E-state index is 9.80. The van der Waals surface area contributed by atoms with Gasteiger partial charge in [-0.1, -0.05) is 39.0 Å². The second-order valence-electron chi connectivity index (χ2n) is 7.63. The zero-order valence-electron chi connectivity index (χ0n) is 13.9. The summed E-state index contributed by atoms with van der Waals surface area (Å²) in [5, 5.41) is 13.4. The molecule has 1 N–H and O–H groups in total. The molecule has 1 aromatic rings. The van der Waals surface area contributed by atoms with E-state index in [2.05, 4.69) is 51.2 Å². The van der Waals surface area contributed by atoms with Crippen LogP contribution in [0.2, 0.25) is 0 Å². The van der Waals surface area contributed by atoms with E-state index in [1.165, 1.54) is 12.0 Å². The molecule has 0 spiro atoms. The first-order chi connectivity index (χ1) is 9.86. The maximum atomic E-state index is 9.80. The highest BCUT2D eigenvalue weighted by Crippen LogP contribution is 2.40. The van der Waals surface area contributed by atoms with Crippen LogP contribution in [0.5, 0.6) is 0 Å². The lowest BCUT2D eigenvalue weighted by Crippen LogP contribution is -2.36. The van der Waals surface area contributed by atoms with Crippen LogP contribution in [0.1, 0.15) is 58.4 Å². The fourth-order valence-corrected chi connectivity index (χ4v) is 3.44. The molecule has 2 heteroatoms. The van der Waals surface area contributed by atoms with Crippen molar-refractivity contribution in [3.63, 3.8) is 0 Å². The van der Waals surface area contributed by atoms with Crippen LogP contribution in [0.15, 0.2) is 24.3 Å². The molecule has 2 unspecified atom stereocenters. The van der Waals surface area contributed by atoms with E-state index in [9.17, 15) is 5.26 Å². The number of para-hydroxylation sites is 1. The Morgan fingerprint density at radius 3 is 2.52 bits per heavy atom. The topological polar surface area (TPSA) is 35.8 Å². The van der Waals surface area contributed by atoms with Gasteiger partial charge in [0.1, 0.15) is 5.54 Å². The molecule has 1 saturated carbocycles. The van der Waals surface area contributed by atoms with Crippen LogP contribution in [0, 0.1) is 29.6 Å². The Kier molecular flexibility index (Phi) is 4.61. The zero-order chi connectivity index (χ0) is 15.5. The van der Waals surface area contributed by atoms with Crippen LogP contribution in [-0.4, -0.2) is 5.54 Å². The quantitative estimate of drug-likeness (QED) is 0.748. The van der Waals surface area contributed by atoms with E-state index in [1.54, 1.807) is 0 Å². The van der Waals surface area contributed by atoms with Gasteiger partial charge in [-0.2, -0.15) is 5.26 Å². The average molecular weight is 284 g/mol. The van der Waals surface area contributed by atoms with E-state index in [0.29, 0.717) is 11.3 Å². The second kappa shape index (κ2) is 6.10. The summed E-state index contributed by atoms with van der Waals surface area (Å²) in [5.74, 6) is 0.714. The Balaban J connectivity index is 2.16. The van der Waals surface area contributed by atoms with Gasteiger partial charge in [-0.25, -0.2) is 0 Å². The molecule has 21 heavy (non-hydrogen) atoms. The number of hydrogen-bond donors (Lipinski definition) is 1. The number of benzene rings is 1. The van der Waals surface area contributed by atoms with E-state index < -0.39 is 5.54 Å². The van der Waals surface area contributed by atoms with Gasteiger partial charge in [0.25, 0.3) is 0 Å². The van der Waals surface area contributed by atoms with E-state index in [4.69, 9.17) is 0 Å². The van der Waals surface area contributed by atoms with Crippen molar-refractivity contribution in [2.24, 2.45) is 11.3 Å². The largest absolute Gasteiger partial charge is 0.367 e. The van der Waals surface area contributed by atoms with E-state index in [0.717, 1.165) is 31.4 Å². The van der Waals surface area contributed by atoms with Crippen molar-refractivity contribution >= 4 is 5.69 Å². The van der Waals surface area contributed by atoms with Gasteiger partial charge in [-0.15, -0.1) is 0 Å². The van der Waals surface area contributed by atoms with Gasteiger partial charge in [0, 0.05) is 5.69 Å². The molecule has 0 heterocycles. The third-order valence-electron chi connectivity index (χ3n) is 5.03. The van der Waals surface area contributed by atoms with E-state index in [-0.39, 0.29) is 0 Å². The molecule has 0 radical (unpaired) electrons. The van der Waals surface area contributed by atoms with Gasteiger partial charge in [0.15, 0.2) is 0 Å². The summed E-state index contributed by atoms with van der Waals surface area (Å²) in [6.07, 6.45) is 5.40. The average Bonchev–Trinajstić information content (AvgIpc) is 2.64. The lowest BCUT2D eigenvalue weighted by Gasteiger charge is -2.31. The standard InChI is InChI=1S/C19H28N2/c1-15-8-5-6-10-17(15)21-19(14-20)12-7-9-16(11-13-19)18(2,3)4/h5-6,8,10,16,21H,7,9,11-13H2,1-4H3. The fourth-order valence-electron chi connectivity index (χ4n) is 3.44. The van der Waals surface area contributed by atoms with Crippen LogP contribution in [0.3, 0.4) is 0 Å². The van der Waals surface area contributed by atoms with Gasteiger partial charge in [0.2, 0.25) is 0 Å². The third-order valence-corrected chi connectivity index (χ3v) is 5.03. The summed E-state index contributed by atoms with van der Waals surface area (Å²) < 4.78 is 0. The lowest BCUT2D eigenvalue weighted by molar-refractivity contribution is 0.213. The first-order valence-corrected chi connectivity index (χ1v) is 8.11. The summed E-state index contributed by atoms with van der Waals surface area (Å²) in [7, 11) is 0. The molecule has 2 atom stereocenters. The van der Waals surface area contributed by atoms with Gasteiger partial charge in [-0.3, -0.25) is 0 Å². The fraction of sp³-hybridized carbons (Fsp3) is 0.632. The molecule has 2 nitrogen and oxygen atoms in total. The number of nitrogens with zero attached hydrogens (tertiary/aromatic N) is 1. The van der Waals surface area contributed by atoms with E-state index in [1.807, 2.05) is 12.1 Å². The second-order valence-corrected chi connectivity index (χ2v) is 7.63. The zero-order valence-corrected chi connectivity index (χ0v) is 13.9. The van der Waals surface area contributed by atoms with Gasteiger partial charge in [-0.05, 0) is 62.0 Å². The number of rotatable bonds is 2. The number of nitrogens with one attached hydrogen (secondary N) is 1. The molecule has 0 saturated heterocycles. The van der Waals surface area contributed by atoms with Crippen molar-refractivity contribution in [1.29, 1.82) is 5.26 Å². The van der Waals surface area contributed by atoms with Crippen molar-refractivity contribution in [2.75, 3.05) is 5.32 Å². The molecule has 0 bridgehead atoms. The minimum absolute atomic E-state index is 0.341. The summed E-state index contributed by atoms with van der Waals surface area (Å²) in [5.41, 5.74) is 2.26. The molecule has 0 aromatic heterocycles. The van der Waals surface area contributed by atoms with Crippen LogP contribution in [0.25, 0.3) is 0 Å². The SMILES string of the molecule is Cc1ccccc1NC1(C#N)CCCC(C(C)(C)C)CC1. The van der Waals surface area contributed by atoms with Gasteiger partial charge >= 0.3 is 0 Å². The molecular formula is C19H28N2.